The first-order chi connectivity index (χ1) is 9.63. The minimum Gasteiger partial charge on any atom is -0.385 e. The molecule has 2 amide bonds. The Morgan fingerprint density at radius 3 is 2.65 bits per heavy atom. The van der Waals surface area contributed by atoms with Gasteiger partial charge in [-0.1, -0.05) is 0 Å². The van der Waals surface area contributed by atoms with Crippen LogP contribution in [0.4, 0.5) is 0 Å². The van der Waals surface area contributed by atoms with Gasteiger partial charge in [-0.2, -0.15) is 0 Å². The summed E-state index contributed by atoms with van der Waals surface area (Å²) in [5.74, 6) is -0.283. The zero-order chi connectivity index (χ0) is 14.8. The number of rotatable bonds is 8. The van der Waals surface area contributed by atoms with E-state index in [1.807, 2.05) is 12.1 Å². The van der Waals surface area contributed by atoms with Crippen molar-refractivity contribution in [2.24, 2.45) is 0 Å². The summed E-state index contributed by atoms with van der Waals surface area (Å²) in [7, 11) is 1.61. The van der Waals surface area contributed by atoms with Gasteiger partial charge in [-0.15, -0.1) is 0 Å². The molecule has 0 saturated heterocycles. The Morgan fingerprint density at radius 1 is 1.35 bits per heavy atom. The molecule has 0 aliphatic rings. The van der Waals surface area contributed by atoms with Crippen molar-refractivity contribution in [3.63, 3.8) is 0 Å². The summed E-state index contributed by atoms with van der Waals surface area (Å²) in [5, 5.41) is 2.78. The van der Waals surface area contributed by atoms with Crippen LogP contribution in [-0.4, -0.2) is 48.5 Å². The second kappa shape index (κ2) is 9.03. The third-order valence-electron chi connectivity index (χ3n) is 2.80. The topological polar surface area (TPSA) is 71.5 Å². The third kappa shape index (κ3) is 6.29. The molecule has 1 aromatic rings. The van der Waals surface area contributed by atoms with E-state index in [1.165, 1.54) is 11.8 Å². The van der Waals surface area contributed by atoms with Gasteiger partial charge < -0.3 is 15.0 Å². The number of amides is 2. The second-order valence-electron chi connectivity index (χ2n) is 4.42. The Morgan fingerprint density at radius 2 is 2.05 bits per heavy atom. The molecule has 0 fully saturated rings. The van der Waals surface area contributed by atoms with Crippen LogP contribution in [0.1, 0.15) is 18.9 Å². The number of hydrogen-bond donors (Lipinski definition) is 1. The molecule has 1 aromatic heterocycles. The normalized spacial score (nSPS) is 10.1. The molecule has 1 rings (SSSR count). The Labute approximate surface area is 119 Å². The zero-order valence-electron chi connectivity index (χ0n) is 12.0. The predicted octanol–water partition coefficient (Wildman–Crippen LogP) is 0.583. The average molecular weight is 279 g/mol. The molecule has 0 aromatic carbocycles. The quantitative estimate of drug-likeness (QED) is 0.707. The summed E-state index contributed by atoms with van der Waals surface area (Å²) in [6.45, 7) is 3.06. The smallest absolute Gasteiger partial charge is 0.239 e. The highest BCUT2D eigenvalue weighted by Crippen LogP contribution is 1.97. The molecule has 1 N–H and O–H groups in total. The highest BCUT2D eigenvalue weighted by molar-refractivity contribution is 5.83. The van der Waals surface area contributed by atoms with Crippen molar-refractivity contribution in [2.75, 3.05) is 26.8 Å². The van der Waals surface area contributed by atoms with Crippen molar-refractivity contribution in [1.82, 2.24) is 15.2 Å². The Bertz CT molecular complexity index is 423. The molecule has 6 heteroatoms. The largest absolute Gasteiger partial charge is 0.385 e. The monoisotopic (exact) mass is 279 g/mol. The summed E-state index contributed by atoms with van der Waals surface area (Å²) < 4.78 is 4.94. The van der Waals surface area contributed by atoms with Gasteiger partial charge in [0.25, 0.3) is 0 Å². The number of hydrogen-bond acceptors (Lipinski definition) is 4. The van der Waals surface area contributed by atoms with E-state index in [2.05, 4.69) is 10.3 Å². The van der Waals surface area contributed by atoms with E-state index in [9.17, 15) is 9.59 Å². The molecule has 0 aliphatic carbocycles. The molecule has 0 atom stereocenters. The number of ether oxygens (including phenoxy) is 1. The molecule has 110 valence electrons. The maximum absolute atomic E-state index is 11.8. The first-order valence-corrected chi connectivity index (χ1v) is 6.53. The lowest BCUT2D eigenvalue weighted by Gasteiger charge is -2.20. The molecule has 0 spiro atoms. The van der Waals surface area contributed by atoms with Crippen molar-refractivity contribution in [3.05, 3.63) is 30.1 Å². The highest BCUT2D eigenvalue weighted by Gasteiger charge is 2.12. The lowest BCUT2D eigenvalue weighted by molar-refractivity contribution is -0.134. The lowest BCUT2D eigenvalue weighted by Crippen LogP contribution is -2.40. The van der Waals surface area contributed by atoms with Crippen LogP contribution in [0.25, 0.3) is 0 Å². The number of methoxy groups -OCH3 is 1. The second-order valence-corrected chi connectivity index (χ2v) is 4.42. The minimum absolute atomic E-state index is 0.0735. The van der Waals surface area contributed by atoms with Crippen LogP contribution in [0.15, 0.2) is 24.5 Å². The van der Waals surface area contributed by atoms with Gasteiger partial charge >= 0.3 is 0 Å². The fourth-order valence-electron chi connectivity index (χ4n) is 1.68. The average Bonchev–Trinajstić information content (AvgIpc) is 2.45. The van der Waals surface area contributed by atoms with Gasteiger partial charge in [0.05, 0.1) is 6.54 Å². The van der Waals surface area contributed by atoms with E-state index in [4.69, 9.17) is 4.74 Å². The van der Waals surface area contributed by atoms with Crippen molar-refractivity contribution in [2.45, 2.75) is 19.9 Å². The number of nitrogens with zero attached hydrogens (tertiary/aromatic N) is 2. The van der Waals surface area contributed by atoms with Gasteiger partial charge in [0.2, 0.25) is 11.8 Å². The van der Waals surface area contributed by atoms with Crippen molar-refractivity contribution < 1.29 is 14.3 Å². The molecule has 0 bridgehead atoms. The maximum atomic E-state index is 11.8. The molecule has 1 heterocycles. The molecule has 0 unspecified atom stereocenters. The lowest BCUT2D eigenvalue weighted by atomic mass is 10.2. The molecule has 0 radical (unpaired) electrons. The Kier molecular flexibility index (Phi) is 7.27. The number of carbonyl (C=O) groups is 2. The highest BCUT2D eigenvalue weighted by atomic mass is 16.5. The minimum atomic E-state index is -0.172. The van der Waals surface area contributed by atoms with E-state index in [1.54, 1.807) is 19.5 Å². The van der Waals surface area contributed by atoms with Gasteiger partial charge in [-0.05, 0) is 24.1 Å². The van der Waals surface area contributed by atoms with E-state index in [-0.39, 0.29) is 18.4 Å². The first-order valence-electron chi connectivity index (χ1n) is 6.53. The number of nitrogens with one attached hydrogen (secondary N) is 1. The van der Waals surface area contributed by atoms with Gasteiger partial charge in [0.15, 0.2) is 0 Å². The van der Waals surface area contributed by atoms with Gasteiger partial charge in [0, 0.05) is 46.1 Å². The number of pyridine rings is 1. The third-order valence-corrected chi connectivity index (χ3v) is 2.80. The molecule has 6 nitrogen and oxygen atoms in total. The van der Waals surface area contributed by atoms with E-state index in [0.29, 0.717) is 26.1 Å². The van der Waals surface area contributed by atoms with E-state index in [0.717, 1.165) is 5.56 Å². The van der Waals surface area contributed by atoms with Crippen LogP contribution in [0.3, 0.4) is 0 Å². The molecular formula is C14H21N3O3. The molecule has 0 saturated carbocycles. The van der Waals surface area contributed by atoms with E-state index >= 15 is 0 Å². The Hall–Kier alpha value is -1.95. The zero-order valence-corrected chi connectivity index (χ0v) is 12.0. The fourth-order valence-corrected chi connectivity index (χ4v) is 1.68. The van der Waals surface area contributed by atoms with Crippen molar-refractivity contribution >= 4 is 11.8 Å². The maximum Gasteiger partial charge on any atom is 0.239 e. The van der Waals surface area contributed by atoms with Gasteiger partial charge in [-0.3, -0.25) is 14.6 Å². The van der Waals surface area contributed by atoms with Crippen molar-refractivity contribution in [1.29, 1.82) is 0 Å². The summed E-state index contributed by atoms with van der Waals surface area (Å²) in [4.78, 5) is 28.7. The van der Waals surface area contributed by atoms with Crippen LogP contribution >= 0.6 is 0 Å². The summed E-state index contributed by atoms with van der Waals surface area (Å²) >= 11 is 0. The van der Waals surface area contributed by atoms with Gasteiger partial charge in [-0.25, -0.2) is 0 Å². The molecule has 20 heavy (non-hydrogen) atoms. The van der Waals surface area contributed by atoms with Crippen LogP contribution in [0, 0.1) is 0 Å². The predicted molar refractivity (Wildman–Crippen MR) is 74.8 cm³/mol. The van der Waals surface area contributed by atoms with Crippen LogP contribution in [0.5, 0.6) is 0 Å². The standard InChI is InChI=1S/C14H21N3O3/c1-12(18)17(8-3-9-20-2)11-14(19)16-10-13-4-6-15-7-5-13/h4-7H,3,8-11H2,1-2H3,(H,16,19). The van der Waals surface area contributed by atoms with Crippen LogP contribution in [-0.2, 0) is 20.9 Å². The summed E-state index contributed by atoms with van der Waals surface area (Å²) in [5.41, 5.74) is 0.974. The van der Waals surface area contributed by atoms with Crippen LogP contribution < -0.4 is 5.32 Å². The van der Waals surface area contributed by atoms with E-state index < -0.39 is 0 Å². The fraction of sp³-hybridized carbons (Fsp3) is 0.500. The molecular weight excluding hydrogens is 258 g/mol. The first kappa shape index (κ1) is 16.1. The van der Waals surface area contributed by atoms with Crippen LogP contribution in [0.2, 0.25) is 0 Å². The summed E-state index contributed by atoms with van der Waals surface area (Å²) in [6, 6.07) is 3.67. The summed E-state index contributed by atoms with van der Waals surface area (Å²) in [6.07, 6.45) is 4.07. The molecule has 0 aliphatic heterocycles. The van der Waals surface area contributed by atoms with Crippen molar-refractivity contribution in [3.8, 4) is 0 Å². The van der Waals surface area contributed by atoms with Gasteiger partial charge in [0.1, 0.15) is 0 Å². The SMILES string of the molecule is COCCCN(CC(=O)NCc1ccncc1)C(C)=O. The Balaban J connectivity index is 2.36. The number of carbonyl (C=O) groups excluding carboxylic acids is 2. The number of aromatic nitrogens is 1.